The van der Waals surface area contributed by atoms with Gasteiger partial charge in [-0.15, -0.1) is 10.2 Å². The minimum Gasteiger partial charge on any atom is -0.143 e. The number of benzene rings is 2. The number of hydrogen-bond donors (Lipinski definition) is 0. The second-order valence-corrected chi connectivity index (χ2v) is 5.59. The lowest BCUT2D eigenvalue weighted by Gasteiger charge is -1.96. The predicted octanol–water partition coefficient (Wildman–Crippen LogP) is 4.10. The Morgan fingerprint density at radius 2 is 1.63 bits per heavy atom. The van der Waals surface area contributed by atoms with Crippen LogP contribution >= 0.6 is 11.3 Å². The second-order valence-electron chi connectivity index (χ2n) is 4.53. The highest BCUT2D eigenvalue weighted by Gasteiger charge is 2.06. The van der Waals surface area contributed by atoms with Gasteiger partial charge in [0, 0.05) is 12.0 Å². The summed E-state index contributed by atoms with van der Waals surface area (Å²) in [6, 6.07) is 18.8. The van der Waals surface area contributed by atoms with Crippen LogP contribution in [0, 0.1) is 6.92 Å². The minimum atomic E-state index is 0.852. The zero-order chi connectivity index (χ0) is 13.1. The second kappa shape index (κ2) is 5.33. The molecule has 0 amide bonds. The van der Waals surface area contributed by atoms with Gasteiger partial charge in [0.1, 0.15) is 10.0 Å². The van der Waals surface area contributed by atoms with Crippen LogP contribution in [0.5, 0.6) is 0 Å². The van der Waals surface area contributed by atoms with E-state index in [9.17, 15) is 0 Å². The molecular weight excluding hydrogens is 252 g/mol. The smallest absolute Gasteiger partial charge is 0.143 e. The van der Waals surface area contributed by atoms with E-state index in [4.69, 9.17) is 0 Å². The zero-order valence-corrected chi connectivity index (χ0v) is 11.5. The van der Waals surface area contributed by atoms with Gasteiger partial charge in [-0.05, 0) is 12.5 Å². The van der Waals surface area contributed by atoms with Crippen LogP contribution in [0.25, 0.3) is 10.6 Å². The van der Waals surface area contributed by atoms with Gasteiger partial charge in [-0.25, -0.2) is 0 Å². The van der Waals surface area contributed by atoms with E-state index in [-0.39, 0.29) is 0 Å². The molecule has 0 N–H and O–H groups in total. The minimum absolute atomic E-state index is 0.852. The molecule has 3 aromatic rings. The summed E-state index contributed by atoms with van der Waals surface area (Å²) in [5.74, 6) is 0. The quantitative estimate of drug-likeness (QED) is 0.713. The van der Waals surface area contributed by atoms with Gasteiger partial charge in [-0.1, -0.05) is 71.5 Å². The summed E-state index contributed by atoms with van der Waals surface area (Å²) in [4.78, 5) is 0. The molecule has 0 fully saturated rings. The summed E-state index contributed by atoms with van der Waals surface area (Å²) in [7, 11) is 0. The summed E-state index contributed by atoms with van der Waals surface area (Å²) in [5, 5.41) is 10.6. The SMILES string of the molecule is Cc1ccc(-c2nnc(Cc3ccccc3)s2)cc1. The van der Waals surface area contributed by atoms with E-state index in [2.05, 4.69) is 65.7 Å². The first kappa shape index (κ1) is 12.1. The van der Waals surface area contributed by atoms with Gasteiger partial charge in [0.25, 0.3) is 0 Å². The molecule has 3 heteroatoms. The third-order valence-corrected chi connectivity index (χ3v) is 3.94. The normalized spacial score (nSPS) is 10.6. The fraction of sp³-hybridized carbons (Fsp3) is 0.125. The van der Waals surface area contributed by atoms with Crippen molar-refractivity contribution in [1.29, 1.82) is 0 Å². The maximum Gasteiger partial charge on any atom is 0.147 e. The number of aryl methyl sites for hydroxylation is 1. The third kappa shape index (κ3) is 2.88. The molecule has 0 saturated heterocycles. The van der Waals surface area contributed by atoms with Crippen molar-refractivity contribution < 1.29 is 0 Å². The van der Waals surface area contributed by atoms with Crippen molar-refractivity contribution in [3.63, 3.8) is 0 Å². The Morgan fingerprint density at radius 3 is 2.37 bits per heavy atom. The average Bonchev–Trinajstić information content (AvgIpc) is 2.89. The Bertz CT molecular complexity index is 657. The Labute approximate surface area is 116 Å². The highest BCUT2D eigenvalue weighted by atomic mass is 32.1. The van der Waals surface area contributed by atoms with E-state index >= 15 is 0 Å². The summed E-state index contributed by atoms with van der Waals surface area (Å²) in [6.45, 7) is 2.09. The molecule has 0 aliphatic heterocycles. The molecule has 0 radical (unpaired) electrons. The molecule has 0 aliphatic carbocycles. The first-order chi connectivity index (χ1) is 9.31. The maximum absolute atomic E-state index is 4.28. The number of hydrogen-bond acceptors (Lipinski definition) is 3. The van der Waals surface area contributed by atoms with Crippen molar-refractivity contribution in [2.75, 3.05) is 0 Å². The lowest BCUT2D eigenvalue weighted by Crippen LogP contribution is -1.85. The van der Waals surface area contributed by atoms with E-state index in [0.717, 1.165) is 22.0 Å². The summed E-state index contributed by atoms with van der Waals surface area (Å²) >= 11 is 1.66. The van der Waals surface area contributed by atoms with E-state index in [1.165, 1.54) is 11.1 Å². The monoisotopic (exact) mass is 266 g/mol. The van der Waals surface area contributed by atoms with Gasteiger partial charge in [0.2, 0.25) is 0 Å². The third-order valence-electron chi connectivity index (χ3n) is 2.96. The van der Waals surface area contributed by atoms with Crippen LogP contribution in [0.15, 0.2) is 54.6 Å². The van der Waals surface area contributed by atoms with Gasteiger partial charge in [0.15, 0.2) is 0 Å². The van der Waals surface area contributed by atoms with E-state index in [1.54, 1.807) is 11.3 Å². The lowest BCUT2D eigenvalue weighted by atomic mass is 10.2. The Kier molecular flexibility index (Phi) is 3.38. The number of nitrogens with zero attached hydrogens (tertiary/aromatic N) is 2. The molecule has 2 nitrogen and oxygen atoms in total. The molecule has 1 aromatic heterocycles. The average molecular weight is 266 g/mol. The van der Waals surface area contributed by atoms with E-state index < -0.39 is 0 Å². The fourth-order valence-corrected chi connectivity index (χ4v) is 2.79. The van der Waals surface area contributed by atoms with Crippen LogP contribution in [0.2, 0.25) is 0 Å². The lowest BCUT2D eigenvalue weighted by molar-refractivity contribution is 1.01. The van der Waals surface area contributed by atoms with Gasteiger partial charge in [-0.3, -0.25) is 0 Å². The highest BCUT2D eigenvalue weighted by molar-refractivity contribution is 7.14. The Hall–Kier alpha value is -2.00. The van der Waals surface area contributed by atoms with Gasteiger partial charge in [-0.2, -0.15) is 0 Å². The standard InChI is InChI=1S/C16H14N2S/c1-12-7-9-14(10-8-12)16-18-17-15(19-16)11-13-5-3-2-4-6-13/h2-10H,11H2,1H3. The largest absolute Gasteiger partial charge is 0.147 e. The molecule has 0 saturated carbocycles. The molecule has 0 spiro atoms. The molecule has 0 atom stereocenters. The van der Waals surface area contributed by atoms with Crippen molar-refractivity contribution in [3.05, 3.63) is 70.7 Å². The Morgan fingerprint density at radius 1 is 0.895 bits per heavy atom. The molecule has 3 rings (SSSR count). The van der Waals surface area contributed by atoms with Gasteiger partial charge < -0.3 is 0 Å². The molecule has 0 aliphatic rings. The van der Waals surface area contributed by atoms with Crippen molar-refractivity contribution in [3.8, 4) is 10.6 Å². The zero-order valence-electron chi connectivity index (χ0n) is 10.7. The molecule has 1 heterocycles. The van der Waals surface area contributed by atoms with Crippen molar-refractivity contribution in [2.24, 2.45) is 0 Å². The molecule has 0 unspecified atom stereocenters. The maximum atomic E-state index is 4.28. The molecule has 2 aromatic carbocycles. The van der Waals surface area contributed by atoms with Crippen molar-refractivity contribution in [1.82, 2.24) is 10.2 Å². The number of aromatic nitrogens is 2. The van der Waals surface area contributed by atoms with E-state index in [1.807, 2.05) is 6.07 Å². The molecule has 19 heavy (non-hydrogen) atoms. The predicted molar refractivity (Wildman–Crippen MR) is 79.3 cm³/mol. The summed E-state index contributed by atoms with van der Waals surface area (Å²) in [6.07, 6.45) is 0.852. The number of rotatable bonds is 3. The van der Waals surface area contributed by atoms with Crippen LogP contribution in [-0.2, 0) is 6.42 Å². The van der Waals surface area contributed by atoms with Crippen molar-refractivity contribution >= 4 is 11.3 Å². The molecular formula is C16H14N2S. The fourth-order valence-electron chi connectivity index (χ4n) is 1.91. The van der Waals surface area contributed by atoms with Crippen LogP contribution in [0.3, 0.4) is 0 Å². The first-order valence-corrected chi connectivity index (χ1v) is 7.06. The topological polar surface area (TPSA) is 25.8 Å². The molecule has 0 bridgehead atoms. The van der Waals surface area contributed by atoms with E-state index in [0.29, 0.717) is 0 Å². The van der Waals surface area contributed by atoms with Crippen LogP contribution in [0.4, 0.5) is 0 Å². The van der Waals surface area contributed by atoms with Crippen molar-refractivity contribution in [2.45, 2.75) is 13.3 Å². The van der Waals surface area contributed by atoms with Crippen LogP contribution in [-0.4, -0.2) is 10.2 Å². The van der Waals surface area contributed by atoms with Gasteiger partial charge in [0.05, 0.1) is 0 Å². The van der Waals surface area contributed by atoms with Crippen LogP contribution < -0.4 is 0 Å². The van der Waals surface area contributed by atoms with Gasteiger partial charge >= 0.3 is 0 Å². The van der Waals surface area contributed by atoms with Crippen LogP contribution in [0.1, 0.15) is 16.1 Å². The molecule has 94 valence electrons. The summed E-state index contributed by atoms with van der Waals surface area (Å²) < 4.78 is 0. The highest BCUT2D eigenvalue weighted by Crippen LogP contribution is 2.24. The Balaban J connectivity index is 1.82. The first-order valence-electron chi connectivity index (χ1n) is 6.24. The summed E-state index contributed by atoms with van der Waals surface area (Å²) in [5.41, 5.74) is 3.68.